The summed E-state index contributed by atoms with van der Waals surface area (Å²) in [6.45, 7) is 2.77. The van der Waals surface area contributed by atoms with Crippen LogP contribution in [0.15, 0.2) is 48.5 Å². The van der Waals surface area contributed by atoms with Gasteiger partial charge in [0.25, 0.3) is 0 Å². The smallest absolute Gasteiger partial charge is 0.241 e. The third kappa shape index (κ3) is 4.23. The van der Waals surface area contributed by atoms with Crippen LogP contribution in [-0.2, 0) is 16.1 Å². The van der Waals surface area contributed by atoms with Crippen LogP contribution in [0.5, 0.6) is 0 Å². The Morgan fingerprint density at radius 2 is 2.04 bits per heavy atom. The van der Waals surface area contributed by atoms with Crippen molar-refractivity contribution in [2.24, 2.45) is 0 Å². The number of amides is 2. The van der Waals surface area contributed by atoms with Crippen molar-refractivity contribution >= 4 is 34.8 Å². The molecule has 0 radical (unpaired) electrons. The lowest BCUT2D eigenvalue weighted by Gasteiger charge is -2.29. The highest BCUT2D eigenvalue weighted by Gasteiger charge is 2.29. The van der Waals surface area contributed by atoms with Gasteiger partial charge in [-0.3, -0.25) is 14.5 Å². The molecule has 0 spiro atoms. The zero-order valence-corrected chi connectivity index (χ0v) is 15.7. The Morgan fingerprint density at radius 3 is 2.81 bits per heavy atom. The van der Waals surface area contributed by atoms with E-state index in [-0.39, 0.29) is 30.8 Å². The minimum absolute atomic E-state index is 0.0361. The summed E-state index contributed by atoms with van der Waals surface area (Å²) in [5.41, 5.74) is 2.47. The summed E-state index contributed by atoms with van der Waals surface area (Å²) in [6.07, 6.45) is 0.276. The van der Waals surface area contributed by atoms with Crippen LogP contribution in [0.4, 0.5) is 11.4 Å². The van der Waals surface area contributed by atoms with E-state index in [0.29, 0.717) is 17.3 Å². The van der Waals surface area contributed by atoms with Crippen LogP contribution < -0.4 is 10.2 Å². The standard InChI is InChI=1S/C20H22ClN3O2/c1-14-10-19(25)22-17-8-3-4-9-18(17)24(14)20(26)13-23(2)12-15-6-5-7-16(21)11-15/h3-9,11,14H,10,12-13H2,1-2H3,(H,22,25)/t14-/m1/s1. The number of carbonyl (C=O) groups excluding carboxylic acids is 2. The van der Waals surface area contributed by atoms with Gasteiger partial charge in [0.2, 0.25) is 11.8 Å². The SMILES string of the molecule is C[C@@H]1CC(=O)Nc2ccccc2N1C(=O)CN(C)Cc1cccc(Cl)c1. The molecule has 2 amide bonds. The van der Waals surface area contributed by atoms with Gasteiger partial charge in [-0.2, -0.15) is 0 Å². The third-order valence-electron chi connectivity index (χ3n) is 4.37. The van der Waals surface area contributed by atoms with E-state index >= 15 is 0 Å². The molecular weight excluding hydrogens is 350 g/mol. The molecule has 0 bridgehead atoms. The predicted octanol–water partition coefficient (Wildman–Crippen LogP) is 3.54. The van der Waals surface area contributed by atoms with Crippen LogP contribution in [0.3, 0.4) is 0 Å². The number of likely N-dealkylation sites (N-methyl/N-ethyl adjacent to an activating group) is 1. The first-order valence-electron chi connectivity index (χ1n) is 8.58. The fourth-order valence-corrected chi connectivity index (χ4v) is 3.49. The largest absolute Gasteiger partial charge is 0.324 e. The van der Waals surface area contributed by atoms with E-state index in [9.17, 15) is 9.59 Å². The van der Waals surface area contributed by atoms with Crippen molar-refractivity contribution in [3.05, 3.63) is 59.1 Å². The van der Waals surface area contributed by atoms with Crippen molar-refractivity contribution in [3.63, 3.8) is 0 Å². The van der Waals surface area contributed by atoms with E-state index in [1.165, 1.54) is 0 Å². The fraction of sp³-hybridized carbons (Fsp3) is 0.300. The van der Waals surface area contributed by atoms with Gasteiger partial charge >= 0.3 is 0 Å². The normalized spacial score (nSPS) is 16.8. The van der Waals surface area contributed by atoms with Gasteiger partial charge in [-0.05, 0) is 43.8 Å². The molecule has 0 aromatic heterocycles. The molecule has 0 aliphatic carbocycles. The Hall–Kier alpha value is -2.37. The average Bonchev–Trinajstić information content (AvgIpc) is 2.68. The number of carbonyl (C=O) groups is 2. The molecule has 0 unspecified atom stereocenters. The molecule has 2 aromatic carbocycles. The fourth-order valence-electron chi connectivity index (χ4n) is 3.28. The van der Waals surface area contributed by atoms with E-state index < -0.39 is 0 Å². The summed E-state index contributed by atoms with van der Waals surface area (Å²) in [6, 6.07) is 14.8. The van der Waals surface area contributed by atoms with Crippen LogP contribution in [-0.4, -0.2) is 36.3 Å². The second kappa shape index (κ2) is 7.89. The molecule has 1 aliphatic heterocycles. The van der Waals surface area contributed by atoms with Gasteiger partial charge in [-0.25, -0.2) is 0 Å². The number of benzene rings is 2. The summed E-state index contributed by atoms with van der Waals surface area (Å²) in [7, 11) is 1.90. The van der Waals surface area contributed by atoms with E-state index in [1.807, 2.05) is 67.4 Å². The maximum atomic E-state index is 13.0. The van der Waals surface area contributed by atoms with Crippen molar-refractivity contribution in [1.29, 1.82) is 0 Å². The third-order valence-corrected chi connectivity index (χ3v) is 4.61. The Labute approximate surface area is 158 Å². The number of nitrogens with one attached hydrogen (secondary N) is 1. The number of nitrogens with zero attached hydrogens (tertiary/aromatic N) is 2. The minimum Gasteiger partial charge on any atom is -0.324 e. The molecule has 136 valence electrons. The second-order valence-electron chi connectivity index (χ2n) is 6.68. The molecule has 2 aromatic rings. The minimum atomic E-state index is -0.203. The lowest BCUT2D eigenvalue weighted by atomic mass is 10.1. The highest BCUT2D eigenvalue weighted by molar-refractivity contribution is 6.30. The molecule has 3 rings (SSSR count). The number of halogens is 1. The van der Waals surface area contributed by atoms with Crippen molar-refractivity contribution in [3.8, 4) is 0 Å². The molecule has 26 heavy (non-hydrogen) atoms. The highest BCUT2D eigenvalue weighted by Crippen LogP contribution is 2.31. The molecule has 0 saturated carbocycles. The Bertz CT molecular complexity index is 824. The zero-order valence-electron chi connectivity index (χ0n) is 14.9. The first kappa shape index (κ1) is 18.4. The van der Waals surface area contributed by atoms with Crippen molar-refractivity contribution in [1.82, 2.24) is 4.90 Å². The lowest BCUT2D eigenvalue weighted by Crippen LogP contribution is -2.44. The van der Waals surface area contributed by atoms with E-state index in [4.69, 9.17) is 11.6 Å². The summed E-state index contributed by atoms with van der Waals surface area (Å²) in [5.74, 6) is -0.112. The van der Waals surface area contributed by atoms with E-state index in [1.54, 1.807) is 4.90 Å². The summed E-state index contributed by atoms with van der Waals surface area (Å²) < 4.78 is 0. The van der Waals surface area contributed by atoms with Crippen LogP contribution in [0.2, 0.25) is 5.02 Å². The van der Waals surface area contributed by atoms with Gasteiger partial charge in [0.05, 0.1) is 17.9 Å². The van der Waals surface area contributed by atoms with Gasteiger partial charge < -0.3 is 10.2 Å². The monoisotopic (exact) mass is 371 g/mol. The summed E-state index contributed by atoms with van der Waals surface area (Å²) in [5, 5.41) is 3.56. The summed E-state index contributed by atoms with van der Waals surface area (Å²) in [4.78, 5) is 28.7. The Balaban J connectivity index is 1.76. The van der Waals surface area contributed by atoms with Crippen molar-refractivity contribution < 1.29 is 9.59 Å². The van der Waals surface area contributed by atoms with Gasteiger partial charge in [0.15, 0.2) is 0 Å². The highest BCUT2D eigenvalue weighted by atomic mass is 35.5. The quantitative estimate of drug-likeness (QED) is 0.894. The molecular formula is C20H22ClN3O2. The lowest BCUT2D eigenvalue weighted by molar-refractivity contribution is -0.120. The molecule has 1 N–H and O–H groups in total. The number of hydrogen-bond donors (Lipinski definition) is 1. The average molecular weight is 372 g/mol. The van der Waals surface area contributed by atoms with Crippen LogP contribution in [0, 0.1) is 0 Å². The second-order valence-corrected chi connectivity index (χ2v) is 7.12. The maximum Gasteiger partial charge on any atom is 0.241 e. The number of hydrogen-bond acceptors (Lipinski definition) is 3. The van der Waals surface area contributed by atoms with E-state index in [2.05, 4.69) is 5.32 Å². The number of fused-ring (bicyclic) bond motifs is 1. The number of anilines is 2. The molecule has 1 heterocycles. The zero-order chi connectivity index (χ0) is 18.7. The molecule has 6 heteroatoms. The molecule has 5 nitrogen and oxygen atoms in total. The molecule has 1 aliphatic rings. The molecule has 0 saturated heterocycles. The van der Waals surface area contributed by atoms with E-state index in [0.717, 1.165) is 11.3 Å². The first-order valence-corrected chi connectivity index (χ1v) is 8.96. The number of rotatable bonds is 4. The Morgan fingerprint density at radius 1 is 1.27 bits per heavy atom. The van der Waals surface area contributed by atoms with Crippen LogP contribution in [0.1, 0.15) is 18.9 Å². The topological polar surface area (TPSA) is 52.7 Å². The van der Waals surface area contributed by atoms with Gasteiger partial charge in [0, 0.05) is 24.0 Å². The number of para-hydroxylation sites is 2. The van der Waals surface area contributed by atoms with Gasteiger partial charge in [-0.1, -0.05) is 35.9 Å². The maximum absolute atomic E-state index is 13.0. The van der Waals surface area contributed by atoms with Crippen LogP contribution in [0.25, 0.3) is 0 Å². The van der Waals surface area contributed by atoms with Crippen molar-refractivity contribution in [2.75, 3.05) is 23.8 Å². The summed E-state index contributed by atoms with van der Waals surface area (Å²) >= 11 is 6.03. The predicted molar refractivity (Wildman–Crippen MR) is 104 cm³/mol. The van der Waals surface area contributed by atoms with Crippen LogP contribution >= 0.6 is 11.6 Å². The van der Waals surface area contributed by atoms with Gasteiger partial charge in [-0.15, -0.1) is 0 Å². The molecule has 0 fully saturated rings. The van der Waals surface area contributed by atoms with Crippen molar-refractivity contribution in [2.45, 2.75) is 25.9 Å². The molecule has 1 atom stereocenters. The first-order chi connectivity index (χ1) is 12.4. The Kier molecular flexibility index (Phi) is 5.59. The van der Waals surface area contributed by atoms with Gasteiger partial charge in [0.1, 0.15) is 0 Å².